The Balaban J connectivity index is 1.53. The molecule has 2 aromatic carbocycles. The van der Waals surface area contributed by atoms with Crippen LogP contribution >= 0.6 is 11.6 Å². The van der Waals surface area contributed by atoms with Crippen molar-refractivity contribution in [1.29, 1.82) is 0 Å². The lowest BCUT2D eigenvalue weighted by atomic mass is 10.2. The van der Waals surface area contributed by atoms with Crippen LogP contribution in [0.25, 0.3) is 23.1 Å². The van der Waals surface area contributed by atoms with E-state index in [1.165, 1.54) is 30.5 Å². The highest BCUT2D eigenvalue weighted by Gasteiger charge is 2.15. The predicted octanol–water partition coefficient (Wildman–Crippen LogP) is 4.45. The first-order valence-corrected chi connectivity index (χ1v) is 9.64. The molecule has 0 atom stereocenters. The quantitative estimate of drug-likeness (QED) is 0.530. The van der Waals surface area contributed by atoms with E-state index in [-0.39, 0.29) is 10.8 Å². The molecule has 4 rings (SSSR count). The Morgan fingerprint density at radius 3 is 2.26 bits per heavy atom. The van der Waals surface area contributed by atoms with Gasteiger partial charge in [0.15, 0.2) is 5.76 Å². The van der Waals surface area contributed by atoms with Gasteiger partial charge in [-0.1, -0.05) is 11.6 Å². The van der Waals surface area contributed by atoms with Gasteiger partial charge in [0.05, 0.1) is 11.2 Å². The van der Waals surface area contributed by atoms with Gasteiger partial charge in [0, 0.05) is 16.3 Å². The average Bonchev–Trinajstić information content (AvgIpc) is 3.34. The molecule has 7 nitrogen and oxygen atoms in total. The fourth-order valence-corrected chi connectivity index (χ4v) is 3.53. The van der Waals surface area contributed by atoms with Gasteiger partial charge in [0.2, 0.25) is 5.89 Å². The van der Waals surface area contributed by atoms with Crippen molar-refractivity contribution < 1.29 is 17.3 Å². The van der Waals surface area contributed by atoms with Gasteiger partial charge >= 0.3 is 0 Å². The largest absolute Gasteiger partial charge is 0.459 e. The fraction of sp³-hybridized carbons (Fsp3) is 0. The summed E-state index contributed by atoms with van der Waals surface area (Å²) < 4.78 is 38.1. The van der Waals surface area contributed by atoms with Crippen molar-refractivity contribution in [2.75, 3.05) is 4.72 Å². The summed E-state index contributed by atoms with van der Waals surface area (Å²) in [4.78, 5) is 0.121. The molecule has 0 amide bonds. The van der Waals surface area contributed by atoms with E-state index < -0.39 is 10.0 Å². The summed E-state index contributed by atoms with van der Waals surface area (Å²) in [5.74, 6) is 1.04. The van der Waals surface area contributed by atoms with Crippen molar-refractivity contribution in [1.82, 2.24) is 10.2 Å². The molecule has 136 valence electrons. The van der Waals surface area contributed by atoms with E-state index in [0.29, 0.717) is 27.9 Å². The first kappa shape index (κ1) is 17.3. The zero-order valence-electron chi connectivity index (χ0n) is 13.7. The minimum absolute atomic E-state index is 0.121. The van der Waals surface area contributed by atoms with Crippen LogP contribution in [0.5, 0.6) is 0 Å². The summed E-state index contributed by atoms with van der Waals surface area (Å²) in [6.07, 6.45) is 1.51. The summed E-state index contributed by atoms with van der Waals surface area (Å²) in [5.41, 5.74) is 1.05. The maximum atomic E-state index is 12.4. The van der Waals surface area contributed by atoms with Crippen LogP contribution in [-0.4, -0.2) is 18.6 Å². The normalized spacial score (nSPS) is 11.4. The average molecular weight is 402 g/mol. The molecular weight excluding hydrogens is 390 g/mol. The number of furan rings is 1. The molecule has 2 aromatic heterocycles. The van der Waals surface area contributed by atoms with Crippen LogP contribution in [-0.2, 0) is 10.0 Å². The van der Waals surface area contributed by atoms with Gasteiger partial charge in [-0.2, -0.15) is 0 Å². The van der Waals surface area contributed by atoms with E-state index in [2.05, 4.69) is 14.9 Å². The third-order valence-corrected chi connectivity index (χ3v) is 5.31. The molecule has 0 bridgehead atoms. The van der Waals surface area contributed by atoms with Gasteiger partial charge < -0.3 is 8.83 Å². The Morgan fingerprint density at radius 1 is 0.889 bits per heavy atom. The highest BCUT2D eigenvalue weighted by Crippen LogP contribution is 2.26. The summed E-state index contributed by atoms with van der Waals surface area (Å²) in [6, 6.07) is 15.9. The third kappa shape index (κ3) is 3.71. The monoisotopic (exact) mass is 401 g/mol. The van der Waals surface area contributed by atoms with Crippen LogP contribution in [0.4, 0.5) is 5.69 Å². The number of hydrogen-bond acceptors (Lipinski definition) is 6. The van der Waals surface area contributed by atoms with E-state index in [1.807, 2.05) is 0 Å². The van der Waals surface area contributed by atoms with E-state index in [9.17, 15) is 8.42 Å². The van der Waals surface area contributed by atoms with Crippen LogP contribution in [0.2, 0.25) is 5.02 Å². The van der Waals surface area contributed by atoms with Gasteiger partial charge in [0.25, 0.3) is 15.9 Å². The smallest absolute Gasteiger partial charge is 0.283 e. The van der Waals surface area contributed by atoms with Crippen molar-refractivity contribution >= 4 is 27.3 Å². The highest BCUT2D eigenvalue weighted by molar-refractivity contribution is 7.92. The molecule has 2 heterocycles. The SMILES string of the molecule is O=S(=O)(Nc1ccc(-c2nnc(-c3ccco3)o2)cc1)c1ccc(Cl)cc1. The summed E-state index contributed by atoms with van der Waals surface area (Å²) in [7, 11) is -3.71. The van der Waals surface area contributed by atoms with Crippen LogP contribution < -0.4 is 4.72 Å². The number of nitrogens with one attached hydrogen (secondary N) is 1. The standard InChI is InChI=1S/C18H12ClN3O4S/c19-13-5-9-15(10-6-13)27(23,24)22-14-7-3-12(4-8-14)17-20-21-18(26-17)16-2-1-11-25-16/h1-11,22H. The minimum atomic E-state index is -3.71. The van der Waals surface area contributed by atoms with Crippen molar-refractivity contribution in [2.24, 2.45) is 0 Å². The van der Waals surface area contributed by atoms with Gasteiger partial charge in [-0.15, -0.1) is 10.2 Å². The number of rotatable bonds is 5. The van der Waals surface area contributed by atoms with Crippen molar-refractivity contribution in [3.63, 3.8) is 0 Å². The first-order valence-electron chi connectivity index (χ1n) is 7.77. The minimum Gasteiger partial charge on any atom is -0.459 e. The second-order valence-electron chi connectivity index (χ2n) is 5.53. The first-order chi connectivity index (χ1) is 13.0. The van der Waals surface area contributed by atoms with Crippen LogP contribution in [0.1, 0.15) is 0 Å². The van der Waals surface area contributed by atoms with Crippen molar-refractivity contribution in [3.05, 3.63) is 71.9 Å². The van der Waals surface area contributed by atoms with E-state index in [0.717, 1.165) is 0 Å². The Morgan fingerprint density at radius 2 is 1.59 bits per heavy atom. The van der Waals surface area contributed by atoms with Gasteiger partial charge in [-0.25, -0.2) is 8.42 Å². The number of aromatic nitrogens is 2. The van der Waals surface area contributed by atoms with Gasteiger partial charge in [-0.05, 0) is 60.7 Å². The lowest BCUT2D eigenvalue weighted by molar-refractivity contribution is 0.523. The lowest BCUT2D eigenvalue weighted by Gasteiger charge is -2.08. The molecule has 0 aliphatic heterocycles. The lowest BCUT2D eigenvalue weighted by Crippen LogP contribution is -2.12. The molecule has 4 aromatic rings. The molecule has 0 aliphatic rings. The molecule has 1 N–H and O–H groups in total. The Hall–Kier alpha value is -3.10. The van der Waals surface area contributed by atoms with Gasteiger partial charge in [-0.3, -0.25) is 4.72 Å². The molecule has 0 aliphatic carbocycles. The Bertz CT molecular complexity index is 1150. The molecular formula is C18H12ClN3O4S. The number of sulfonamides is 1. The maximum absolute atomic E-state index is 12.4. The molecule has 27 heavy (non-hydrogen) atoms. The second-order valence-corrected chi connectivity index (χ2v) is 7.65. The number of benzene rings is 2. The predicted molar refractivity (Wildman–Crippen MR) is 99.7 cm³/mol. The van der Waals surface area contributed by atoms with Crippen LogP contribution in [0, 0.1) is 0 Å². The summed E-state index contributed by atoms with van der Waals surface area (Å²) in [5, 5.41) is 8.37. The molecule has 0 spiro atoms. The molecule has 0 unspecified atom stereocenters. The highest BCUT2D eigenvalue weighted by atomic mass is 35.5. The molecule has 0 saturated carbocycles. The van der Waals surface area contributed by atoms with Crippen molar-refractivity contribution in [3.8, 4) is 23.1 Å². The second kappa shape index (κ2) is 6.90. The third-order valence-electron chi connectivity index (χ3n) is 3.66. The topological polar surface area (TPSA) is 98.2 Å². The van der Waals surface area contributed by atoms with Crippen LogP contribution in [0.3, 0.4) is 0 Å². The molecule has 0 fully saturated rings. The van der Waals surface area contributed by atoms with E-state index in [4.69, 9.17) is 20.4 Å². The molecule has 0 saturated heterocycles. The maximum Gasteiger partial charge on any atom is 0.283 e. The Labute approximate surface area is 159 Å². The summed E-state index contributed by atoms with van der Waals surface area (Å²) in [6.45, 7) is 0. The van der Waals surface area contributed by atoms with Gasteiger partial charge in [0.1, 0.15) is 0 Å². The number of halogens is 1. The van der Waals surface area contributed by atoms with Crippen molar-refractivity contribution in [2.45, 2.75) is 4.90 Å². The zero-order chi connectivity index (χ0) is 18.9. The molecule has 0 radical (unpaired) electrons. The number of hydrogen-bond donors (Lipinski definition) is 1. The van der Waals surface area contributed by atoms with E-state index >= 15 is 0 Å². The molecule has 9 heteroatoms. The van der Waals surface area contributed by atoms with Crippen LogP contribution in [0.15, 0.2) is 80.7 Å². The number of nitrogens with zero attached hydrogens (tertiary/aromatic N) is 2. The number of anilines is 1. The van der Waals surface area contributed by atoms with E-state index in [1.54, 1.807) is 36.4 Å². The fourth-order valence-electron chi connectivity index (χ4n) is 2.35. The summed E-state index contributed by atoms with van der Waals surface area (Å²) >= 11 is 5.79. The Kier molecular flexibility index (Phi) is 4.43. The zero-order valence-corrected chi connectivity index (χ0v) is 15.2.